The molecule has 0 spiro atoms. The average molecular weight is 442 g/mol. The Bertz CT molecular complexity index is 1150. The Morgan fingerprint density at radius 1 is 1.16 bits per heavy atom. The third-order valence-corrected chi connectivity index (χ3v) is 6.24. The van der Waals surface area contributed by atoms with Gasteiger partial charge in [0.15, 0.2) is 11.8 Å². The van der Waals surface area contributed by atoms with Crippen LogP contribution in [-0.4, -0.2) is 52.4 Å². The summed E-state index contributed by atoms with van der Waals surface area (Å²) >= 11 is 6.52. The molecule has 0 bridgehead atoms. The van der Waals surface area contributed by atoms with Crippen molar-refractivity contribution < 1.29 is 19.0 Å². The van der Waals surface area contributed by atoms with Crippen LogP contribution in [0.25, 0.3) is 22.4 Å². The first kappa shape index (κ1) is 19.0. The maximum Gasteiger partial charge on any atom is 0.296 e. The molecule has 6 rings (SSSR count). The van der Waals surface area contributed by atoms with Crippen molar-refractivity contribution in [3.05, 3.63) is 40.9 Å². The minimum absolute atomic E-state index is 0.0139. The number of hydrogen-bond donors (Lipinski definition) is 3. The van der Waals surface area contributed by atoms with Crippen molar-refractivity contribution in [2.24, 2.45) is 0 Å². The van der Waals surface area contributed by atoms with E-state index in [0.29, 0.717) is 47.5 Å². The highest BCUT2D eigenvalue weighted by molar-refractivity contribution is 6.33. The van der Waals surface area contributed by atoms with Gasteiger partial charge in [0.1, 0.15) is 6.10 Å². The number of nitrogens with zero attached hydrogens (tertiary/aromatic N) is 2. The number of aromatic amines is 1. The molecule has 1 amide bonds. The van der Waals surface area contributed by atoms with E-state index in [1.54, 1.807) is 6.07 Å². The van der Waals surface area contributed by atoms with Gasteiger partial charge in [-0.2, -0.15) is 4.98 Å². The molecule has 4 atom stereocenters. The van der Waals surface area contributed by atoms with Crippen LogP contribution in [0.3, 0.4) is 0 Å². The monoisotopic (exact) mass is 441 g/mol. The van der Waals surface area contributed by atoms with Gasteiger partial charge in [-0.1, -0.05) is 35.9 Å². The van der Waals surface area contributed by atoms with E-state index in [1.807, 2.05) is 24.3 Å². The smallest absolute Gasteiger partial charge is 0.296 e. The predicted molar refractivity (Wildman–Crippen MR) is 111 cm³/mol. The fourth-order valence-electron chi connectivity index (χ4n) is 4.36. The molecule has 31 heavy (non-hydrogen) atoms. The van der Waals surface area contributed by atoms with Gasteiger partial charge in [0.05, 0.1) is 35.0 Å². The lowest BCUT2D eigenvalue weighted by molar-refractivity contribution is -0.119. The van der Waals surface area contributed by atoms with Crippen molar-refractivity contribution in [3.8, 4) is 17.3 Å². The number of carbonyl (C=O) groups excluding carboxylic acids is 1. The molecule has 10 heteroatoms. The Morgan fingerprint density at radius 2 is 2.03 bits per heavy atom. The number of H-pyrrole nitrogens is 1. The lowest BCUT2D eigenvalue weighted by atomic mass is 10.0. The summed E-state index contributed by atoms with van der Waals surface area (Å²) in [6.45, 7) is 1.17. The lowest BCUT2D eigenvalue weighted by Crippen LogP contribution is -2.32. The normalized spacial score (nSPS) is 27.6. The Morgan fingerprint density at radius 3 is 2.84 bits per heavy atom. The second-order valence-electron chi connectivity index (χ2n) is 7.96. The van der Waals surface area contributed by atoms with Gasteiger partial charge in [-0.3, -0.25) is 10.2 Å². The van der Waals surface area contributed by atoms with Crippen LogP contribution >= 0.6 is 11.6 Å². The highest BCUT2D eigenvalue weighted by atomic mass is 35.5. The third-order valence-electron chi connectivity index (χ3n) is 5.95. The first-order chi connectivity index (χ1) is 15.1. The minimum atomic E-state index is -0.193. The van der Waals surface area contributed by atoms with Gasteiger partial charge in [-0.25, -0.2) is 10.4 Å². The molecule has 3 aliphatic heterocycles. The summed E-state index contributed by atoms with van der Waals surface area (Å²) in [7, 11) is 0. The molecule has 0 radical (unpaired) electrons. The van der Waals surface area contributed by atoms with Crippen molar-refractivity contribution in [3.63, 3.8) is 0 Å². The van der Waals surface area contributed by atoms with E-state index in [0.717, 1.165) is 17.5 Å². The van der Waals surface area contributed by atoms with Gasteiger partial charge >= 0.3 is 0 Å². The van der Waals surface area contributed by atoms with Crippen LogP contribution in [0.4, 0.5) is 0 Å². The molecule has 1 aromatic carbocycles. The molecule has 2 aromatic heterocycles. The summed E-state index contributed by atoms with van der Waals surface area (Å²) < 4.78 is 17.5. The van der Waals surface area contributed by atoms with Gasteiger partial charge in [-0.05, 0) is 18.1 Å². The van der Waals surface area contributed by atoms with E-state index >= 15 is 0 Å². The quantitative estimate of drug-likeness (QED) is 0.569. The molecule has 3 N–H and O–H groups in total. The van der Waals surface area contributed by atoms with Gasteiger partial charge in [0, 0.05) is 18.6 Å². The Balaban J connectivity index is 1.25. The van der Waals surface area contributed by atoms with Gasteiger partial charge in [0.25, 0.3) is 6.01 Å². The first-order valence-electron chi connectivity index (χ1n) is 10.2. The first-order valence-corrected chi connectivity index (χ1v) is 10.6. The van der Waals surface area contributed by atoms with E-state index < -0.39 is 0 Å². The van der Waals surface area contributed by atoms with Crippen LogP contribution in [-0.2, 0) is 14.3 Å². The number of carbonyl (C=O) groups is 1. The largest absolute Gasteiger partial charge is 0.456 e. The molecule has 0 saturated carbocycles. The number of hydrogen-bond acceptors (Lipinski definition) is 7. The second kappa shape index (κ2) is 7.45. The standard InChI is InChI=1S/C21H20ClN5O4/c22-12-7-14-20(25-21(23-14)31-16-9-30-15-5-6-29-19(15)16)24-18(12)11-3-1-10(2-4-11)13-8-17(28)27-26-13/h1-4,7,13,15-16,19,26H,5-6,8-9H2,(H,27,28)(H,23,24,25). The van der Waals surface area contributed by atoms with Gasteiger partial charge < -0.3 is 19.2 Å². The molecular formula is C21H20ClN5O4. The number of imidazole rings is 1. The molecular weight excluding hydrogens is 422 g/mol. The number of benzene rings is 1. The van der Waals surface area contributed by atoms with E-state index in [-0.39, 0.29) is 30.3 Å². The fraction of sp³-hybridized carbons (Fsp3) is 0.381. The fourth-order valence-corrected chi connectivity index (χ4v) is 4.62. The Kier molecular flexibility index (Phi) is 4.57. The van der Waals surface area contributed by atoms with Crippen molar-refractivity contribution in [2.45, 2.75) is 37.2 Å². The zero-order valence-corrected chi connectivity index (χ0v) is 17.2. The second-order valence-corrected chi connectivity index (χ2v) is 8.36. The molecule has 9 nitrogen and oxygen atoms in total. The van der Waals surface area contributed by atoms with Crippen LogP contribution < -0.4 is 15.6 Å². The molecule has 3 fully saturated rings. The third kappa shape index (κ3) is 3.43. The van der Waals surface area contributed by atoms with Crippen molar-refractivity contribution in [1.29, 1.82) is 0 Å². The number of amides is 1. The van der Waals surface area contributed by atoms with E-state index in [1.165, 1.54) is 0 Å². The van der Waals surface area contributed by atoms with Gasteiger partial charge in [0.2, 0.25) is 5.91 Å². The van der Waals surface area contributed by atoms with Crippen molar-refractivity contribution >= 4 is 28.7 Å². The maximum atomic E-state index is 11.4. The van der Waals surface area contributed by atoms with Crippen molar-refractivity contribution in [2.75, 3.05) is 13.2 Å². The highest BCUT2D eigenvalue weighted by Crippen LogP contribution is 2.32. The Labute approximate surface area is 182 Å². The van der Waals surface area contributed by atoms with Crippen LogP contribution in [0.5, 0.6) is 6.01 Å². The zero-order valence-electron chi connectivity index (χ0n) is 16.4. The minimum Gasteiger partial charge on any atom is -0.456 e. The van der Waals surface area contributed by atoms with Crippen LogP contribution in [0.1, 0.15) is 24.4 Å². The summed E-state index contributed by atoms with van der Waals surface area (Å²) in [5.41, 5.74) is 9.33. The number of hydrazine groups is 1. The molecule has 160 valence electrons. The summed E-state index contributed by atoms with van der Waals surface area (Å²) in [6.07, 6.45) is 1.16. The number of aromatic nitrogens is 3. The SMILES string of the molecule is O=C1CC(c2ccc(-c3nc4nc(OC5COC6CCOC65)[nH]c4cc3Cl)cc2)NN1. The van der Waals surface area contributed by atoms with Crippen LogP contribution in [0, 0.1) is 0 Å². The van der Waals surface area contributed by atoms with Gasteiger partial charge in [-0.15, -0.1) is 0 Å². The van der Waals surface area contributed by atoms with Crippen LogP contribution in [0.2, 0.25) is 5.02 Å². The number of nitrogens with one attached hydrogen (secondary N) is 3. The number of ether oxygens (including phenoxy) is 3. The summed E-state index contributed by atoms with van der Waals surface area (Å²) in [4.78, 5) is 23.7. The maximum absolute atomic E-state index is 11.4. The number of pyridine rings is 1. The van der Waals surface area contributed by atoms with Crippen molar-refractivity contribution in [1.82, 2.24) is 25.8 Å². The van der Waals surface area contributed by atoms with E-state index in [9.17, 15) is 4.79 Å². The Hall–Kier alpha value is -2.72. The summed E-state index contributed by atoms with van der Waals surface area (Å²) in [5.74, 6) is -0.0139. The molecule has 4 unspecified atom stereocenters. The van der Waals surface area contributed by atoms with Crippen LogP contribution in [0.15, 0.2) is 30.3 Å². The van der Waals surface area contributed by atoms with E-state index in [4.69, 9.17) is 25.8 Å². The lowest BCUT2D eigenvalue weighted by Gasteiger charge is -2.15. The zero-order chi connectivity index (χ0) is 20.9. The molecule has 5 heterocycles. The topological polar surface area (TPSA) is 110 Å². The van der Waals surface area contributed by atoms with E-state index in [2.05, 4.69) is 25.8 Å². The summed E-state index contributed by atoms with van der Waals surface area (Å²) in [6, 6.07) is 9.95. The molecule has 3 saturated heterocycles. The number of fused-ring (bicyclic) bond motifs is 2. The number of halogens is 1. The number of rotatable bonds is 4. The molecule has 3 aliphatic rings. The average Bonchev–Trinajstić information content (AvgIpc) is 3.53. The summed E-state index contributed by atoms with van der Waals surface area (Å²) in [5, 5.41) is 0.509. The predicted octanol–water partition coefficient (Wildman–Crippen LogP) is 2.28. The molecule has 3 aromatic rings. The highest BCUT2D eigenvalue weighted by Gasteiger charge is 2.43. The molecule has 0 aliphatic carbocycles.